The highest BCUT2D eigenvalue weighted by Gasteiger charge is 2.37. The normalized spacial score (nSPS) is 15.7. The zero-order valence-corrected chi connectivity index (χ0v) is 17.4. The molecule has 1 saturated heterocycles. The molecule has 0 atom stereocenters. The topological polar surface area (TPSA) is 75.7 Å². The van der Waals surface area contributed by atoms with Crippen LogP contribution in [0.25, 0.3) is 6.08 Å². The molecule has 1 N–H and O–H groups in total. The zero-order valence-electron chi connectivity index (χ0n) is 15.2. The number of hydrogen-bond acceptors (Lipinski definition) is 4. The molecule has 1 aliphatic rings. The molecular weight excluding hydrogens is 439 g/mol. The van der Waals surface area contributed by atoms with Crippen LogP contribution in [0.3, 0.4) is 0 Å². The lowest BCUT2D eigenvalue weighted by Gasteiger charge is -2.26. The minimum Gasteiger partial charge on any atom is -0.491 e. The lowest BCUT2D eigenvalue weighted by Crippen LogP contribution is -2.54. The molecule has 0 bridgehead atoms. The third-order valence-corrected chi connectivity index (χ3v) is 4.69. The van der Waals surface area contributed by atoms with Crippen molar-refractivity contribution in [3.63, 3.8) is 0 Å². The van der Waals surface area contributed by atoms with Crippen molar-refractivity contribution in [1.82, 2.24) is 5.32 Å². The number of ether oxygens (including phenoxy) is 1. The summed E-state index contributed by atoms with van der Waals surface area (Å²) in [5.41, 5.74) is 0.295. The lowest BCUT2D eigenvalue weighted by atomic mass is 10.1. The number of amides is 4. The van der Waals surface area contributed by atoms with Gasteiger partial charge in [-0.2, -0.15) is 0 Å². The highest BCUT2D eigenvalue weighted by Crippen LogP contribution is 2.35. The molecule has 1 fully saturated rings. The molecule has 6 nitrogen and oxygen atoms in total. The summed E-state index contributed by atoms with van der Waals surface area (Å²) in [6.07, 6.45) is 2.02. The maximum absolute atomic E-state index is 13.0. The third kappa shape index (κ3) is 4.56. The van der Waals surface area contributed by atoms with Gasteiger partial charge in [0.1, 0.15) is 11.3 Å². The lowest BCUT2D eigenvalue weighted by molar-refractivity contribution is -0.122. The van der Waals surface area contributed by atoms with Crippen molar-refractivity contribution in [2.24, 2.45) is 0 Å². The summed E-state index contributed by atoms with van der Waals surface area (Å²) in [4.78, 5) is 38.5. The van der Waals surface area contributed by atoms with Crippen LogP contribution in [0.15, 0.2) is 42.0 Å². The summed E-state index contributed by atoms with van der Waals surface area (Å²) in [7, 11) is 0. The van der Waals surface area contributed by atoms with Gasteiger partial charge in [0.25, 0.3) is 11.8 Å². The van der Waals surface area contributed by atoms with E-state index in [0.29, 0.717) is 22.2 Å². The summed E-state index contributed by atoms with van der Waals surface area (Å²) >= 11 is 18.3. The highest BCUT2D eigenvalue weighted by atomic mass is 35.5. The monoisotopic (exact) mass is 452 g/mol. The number of anilines is 1. The second kappa shape index (κ2) is 8.86. The molecule has 1 aliphatic heterocycles. The van der Waals surface area contributed by atoms with Gasteiger partial charge in [0.2, 0.25) is 0 Å². The quantitative estimate of drug-likeness (QED) is 0.505. The molecule has 4 amide bonds. The van der Waals surface area contributed by atoms with Crippen LogP contribution in [-0.4, -0.2) is 24.5 Å². The Morgan fingerprint density at radius 3 is 2.52 bits per heavy atom. The van der Waals surface area contributed by atoms with Gasteiger partial charge in [-0.25, -0.2) is 9.69 Å². The van der Waals surface area contributed by atoms with Crippen LogP contribution in [0.1, 0.15) is 18.9 Å². The molecule has 0 radical (unpaired) electrons. The van der Waals surface area contributed by atoms with Crippen LogP contribution in [-0.2, 0) is 9.59 Å². The van der Waals surface area contributed by atoms with E-state index in [9.17, 15) is 14.4 Å². The maximum Gasteiger partial charge on any atom is 0.335 e. The second-order valence-corrected chi connectivity index (χ2v) is 7.37. The van der Waals surface area contributed by atoms with Gasteiger partial charge in [0.05, 0.1) is 17.3 Å². The fraction of sp³-hybridized carbons (Fsp3) is 0.150. The number of halogens is 3. The number of carbonyl (C=O) groups excluding carboxylic acids is 3. The number of urea groups is 1. The van der Waals surface area contributed by atoms with Crippen LogP contribution >= 0.6 is 34.8 Å². The third-order valence-electron chi connectivity index (χ3n) is 3.96. The van der Waals surface area contributed by atoms with E-state index in [2.05, 4.69) is 5.32 Å². The Kier molecular flexibility index (Phi) is 6.47. The first-order chi connectivity index (χ1) is 13.8. The number of rotatable bonds is 5. The Morgan fingerprint density at radius 1 is 1.07 bits per heavy atom. The summed E-state index contributed by atoms with van der Waals surface area (Å²) in [6, 6.07) is 8.32. The van der Waals surface area contributed by atoms with Crippen LogP contribution < -0.4 is 15.0 Å². The number of hydrogen-bond donors (Lipinski definition) is 1. The average molecular weight is 454 g/mol. The molecule has 0 spiro atoms. The smallest absolute Gasteiger partial charge is 0.335 e. The van der Waals surface area contributed by atoms with E-state index in [4.69, 9.17) is 39.5 Å². The van der Waals surface area contributed by atoms with Crippen molar-refractivity contribution < 1.29 is 19.1 Å². The van der Waals surface area contributed by atoms with Crippen molar-refractivity contribution in [3.8, 4) is 5.75 Å². The molecule has 3 rings (SSSR count). The van der Waals surface area contributed by atoms with Gasteiger partial charge >= 0.3 is 6.03 Å². The van der Waals surface area contributed by atoms with Crippen LogP contribution in [0.2, 0.25) is 15.1 Å². The Hall–Kier alpha value is -2.54. The number of carbonyl (C=O) groups is 3. The number of nitrogens with one attached hydrogen (secondary N) is 1. The molecule has 0 saturated carbocycles. The van der Waals surface area contributed by atoms with Crippen LogP contribution in [0, 0.1) is 0 Å². The Bertz CT molecular complexity index is 1040. The molecule has 0 unspecified atom stereocenters. The molecule has 2 aromatic rings. The molecule has 2 aromatic carbocycles. The molecular formula is C20H15Cl3N2O4. The predicted octanol–water partition coefficient (Wildman–Crippen LogP) is 5.10. The van der Waals surface area contributed by atoms with Crippen molar-refractivity contribution >= 4 is 64.4 Å². The van der Waals surface area contributed by atoms with Gasteiger partial charge in [-0.1, -0.05) is 47.8 Å². The van der Waals surface area contributed by atoms with Gasteiger partial charge in [-0.15, -0.1) is 0 Å². The predicted molar refractivity (Wildman–Crippen MR) is 113 cm³/mol. The number of barbiturate groups is 1. The van der Waals surface area contributed by atoms with E-state index in [1.807, 2.05) is 6.92 Å². The largest absolute Gasteiger partial charge is 0.491 e. The molecule has 0 aliphatic carbocycles. The van der Waals surface area contributed by atoms with Crippen LogP contribution in [0.4, 0.5) is 10.5 Å². The Balaban J connectivity index is 2.08. The summed E-state index contributed by atoms with van der Waals surface area (Å²) in [5.74, 6) is -1.36. The molecule has 29 heavy (non-hydrogen) atoms. The molecule has 150 valence electrons. The van der Waals surface area contributed by atoms with Crippen molar-refractivity contribution in [2.45, 2.75) is 13.3 Å². The van der Waals surface area contributed by atoms with Gasteiger partial charge in [0, 0.05) is 15.6 Å². The van der Waals surface area contributed by atoms with E-state index in [0.717, 1.165) is 11.3 Å². The highest BCUT2D eigenvalue weighted by molar-refractivity contribution is 6.40. The minimum absolute atomic E-state index is 0.227. The van der Waals surface area contributed by atoms with Gasteiger partial charge < -0.3 is 4.74 Å². The summed E-state index contributed by atoms with van der Waals surface area (Å²) in [6.45, 7) is 2.30. The van der Waals surface area contributed by atoms with Crippen molar-refractivity contribution in [1.29, 1.82) is 0 Å². The van der Waals surface area contributed by atoms with E-state index >= 15 is 0 Å². The van der Waals surface area contributed by atoms with Crippen molar-refractivity contribution in [2.75, 3.05) is 11.5 Å². The number of benzene rings is 2. The van der Waals surface area contributed by atoms with E-state index in [-0.39, 0.29) is 22.0 Å². The first kappa shape index (κ1) is 21.2. The molecule has 9 heteroatoms. The standard InChI is InChI=1S/C20H15Cl3N2O4/c1-2-6-29-17-11(7-13(22)10-16(17)23)8-15-18(26)24-20(28)25(19(15)27)14-5-3-4-12(21)9-14/h3-5,7-10H,2,6H2,1H3,(H,24,26,28)/b15-8+. The summed E-state index contributed by atoms with van der Waals surface area (Å²) < 4.78 is 5.66. The Labute approximate surface area is 182 Å². The fourth-order valence-corrected chi connectivity index (χ4v) is 3.45. The maximum atomic E-state index is 13.0. The SMILES string of the molecule is CCCOc1c(Cl)cc(Cl)cc1/C=C1\C(=O)NC(=O)N(c2cccc(Cl)c2)C1=O. The van der Waals surface area contributed by atoms with Gasteiger partial charge in [0.15, 0.2) is 0 Å². The van der Waals surface area contributed by atoms with Gasteiger partial charge in [-0.05, 0) is 42.8 Å². The molecule has 1 heterocycles. The zero-order chi connectivity index (χ0) is 21.1. The number of imide groups is 2. The van der Waals surface area contributed by atoms with Crippen LogP contribution in [0.5, 0.6) is 5.75 Å². The number of nitrogens with zero attached hydrogens (tertiary/aromatic N) is 1. The molecule has 0 aromatic heterocycles. The van der Waals surface area contributed by atoms with E-state index < -0.39 is 17.8 Å². The summed E-state index contributed by atoms with van der Waals surface area (Å²) in [5, 5.41) is 3.03. The Morgan fingerprint density at radius 2 is 1.83 bits per heavy atom. The van der Waals surface area contributed by atoms with Gasteiger partial charge in [-0.3, -0.25) is 14.9 Å². The fourth-order valence-electron chi connectivity index (χ4n) is 2.71. The second-order valence-electron chi connectivity index (χ2n) is 6.09. The first-order valence-electron chi connectivity index (χ1n) is 8.60. The van der Waals surface area contributed by atoms with E-state index in [1.165, 1.54) is 30.3 Å². The average Bonchev–Trinajstić information content (AvgIpc) is 2.64. The van der Waals surface area contributed by atoms with Crippen molar-refractivity contribution in [3.05, 3.63) is 62.6 Å². The van der Waals surface area contributed by atoms with E-state index in [1.54, 1.807) is 12.1 Å². The minimum atomic E-state index is -0.869. The first-order valence-corrected chi connectivity index (χ1v) is 9.74.